The molecule has 0 aromatic heterocycles. The summed E-state index contributed by atoms with van der Waals surface area (Å²) in [4.78, 5) is 12.2. The first-order valence-corrected chi connectivity index (χ1v) is 9.90. The van der Waals surface area contributed by atoms with Gasteiger partial charge in [0.15, 0.2) is 0 Å². The van der Waals surface area contributed by atoms with Gasteiger partial charge in [-0.2, -0.15) is 0 Å². The number of amides is 1. The molecule has 1 aromatic carbocycles. The molecule has 7 heteroatoms. The van der Waals surface area contributed by atoms with Gasteiger partial charge in [0.05, 0.1) is 10.5 Å². The lowest BCUT2D eigenvalue weighted by Gasteiger charge is -2.41. The number of carbonyl (C=O) groups is 1. The summed E-state index contributed by atoms with van der Waals surface area (Å²) in [5.41, 5.74) is 0.487. The normalized spacial score (nSPS) is 17.1. The van der Waals surface area contributed by atoms with Crippen molar-refractivity contribution in [1.82, 2.24) is 5.32 Å². The average Bonchev–Trinajstić information content (AvgIpc) is 2.36. The van der Waals surface area contributed by atoms with Crippen LogP contribution in [0.15, 0.2) is 27.6 Å². The van der Waals surface area contributed by atoms with Crippen LogP contribution < -0.4 is 5.32 Å². The minimum absolute atomic E-state index is 0.0774. The molecule has 0 bridgehead atoms. The van der Waals surface area contributed by atoms with Gasteiger partial charge in [-0.15, -0.1) is 0 Å². The van der Waals surface area contributed by atoms with Gasteiger partial charge in [-0.3, -0.25) is 4.79 Å². The molecule has 1 amide bonds. The van der Waals surface area contributed by atoms with E-state index in [4.69, 9.17) is 10.7 Å². The van der Waals surface area contributed by atoms with Crippen molar-refractivity contribution in [3.63, 3.8) is 0 Å². The molecule has 1 aliphatic carbocycles. The van der Waals surface area contributed by atoms with E-state index < -0.39 is 9.05 Å². The predicted octanol–water partition coefficient (Wildman–Crippen LogP) is 3.69. The van der Waals surface area contributed by atoms with E-state index in [0.29, 0.717) is 11.0 Å². The van der Waals surface area contributed by atoms with Gasteiger partial charge >= 0.3 is 0 Å². The van der Waals surface area contributed by atoms with Gasteiger partial charge in [0.2, 0.25) is 0 Å². The minimum atomic E-state index is -3.85. The summed E-state index contributed by atoms with van der Waals surface area (Å²) >= 11 is 3.27. The lowest BCUT2D eigenvalue weighted by molar-refractivity contribution is 0.0849. The Kier molecular flexibility index (Phi) is 5.00. The topological polar surface area (TPSA) is 63.2 Å². The van der Waals surface area contributed by atoms with Crippen molar-refractivity contribution in [1.29, 1.82) is 0 Å². The highest BCUT2D eigenvalue weighted by molar-refractivity contribution is 9.10. The van der Waals surface area contributed by atoms with Crippen LogP contribution in [-0.4, -0.2) is 20.9 Å². The standard InChI is InChI=1S/C14H17BrClNO3S/c1-2-14(6-3-7-14)9-17-13(18)11-8-10(21(16,19)20)4-5-12(11)15/h4-5,8H,2-3,6-7,9H2,1H3,(H,17,18). The van der Waals surface area contributed by atoms with E-state index in [0.717, 1.165) is 19.3 Å². The van der Waals surface area contributed by atoms with E-state index in [1.807, 2.05) is 0 Å². The average molecular weight is 395 g/mol. The molecule has 4 nitrogen and oxygen atoms in total. The lowest BCUT2D eigenvalue weighted by atomic mass is 9.67. The summed E-state index contributed by atoms with van der Waals surface area (Å²) in [6.45, 7) is 2.74. The van der Waals surface area contributed by atoms with Crippen molar-refractivity contribution in [2.24, 2.45) is 5.41 Å². The summed E-state index contributed by atoms with van der Waals surface area (Å²) < 4.78 is 23.3. The van der Waals surface area contributed by atoms with E-state index in [-0.39, 0.29) is 21.8 Å². The highest BCUT2D eigenvalue weighted by Crippen LogP contribution is 2.43. The van der Waals surface area contributed by atoms with Gasteiger partial charge in [0, 0.05) is 21.7 Å². The van der Waals surface area contributed by atoms with Crippen molar-refractivity contribution in [2.75, 3.05) is 6.54 Å². The fourth-order valence-electron chi connectivity index (χ4n) is 2.53. The van der Waals surface area contributed by atoms with Crippen molar-refractivity contribution in [2.45, 2.75) is 37.5 Å². The van der Waals surface area contributed by atoms with Gasteiger partial charge in [-0.05, 0) is 58.8 Å². The fraction of sp³-hybridized carbons (Fsp3) is 0.500. The second-order valence-electron chi connectivity index (χ2n) is 5.47. The van der Waals surface area contributed by atoms with Crippen LogP contribution in [0.1, 0.15) is 43.0 Å². The van der Waals surface area contributed by atoms with Crippen LogP contribution in [0.5, 0.6) is 0 Å². The Morgan fingerprint density at radius 3 is 2.57 bits per heavy atom. The summed E-state index contributed by atoms with van der Waals surface area (Å²) in [7, 11) is 1.47. The first-order chi connectivity index (χ1) is 9.77. The van der Waals surface area contributed by atoms with E-state index in [2.05, 4.69) is 28.2 Å². The maximum Gasteiger partial charge on any atom is 0.261 e. The SMILES string of the molecule is CCC1(CNC(=O)c2cc(S(=O)(=O)Cl)ccc2Br)CCC1. The lowest BCUT2D eigenvalue weighted by Crippen LogP contribution is -2.41. The van der Waals surface area contributed by atoms with Crippen molar-refractivity contribution < 1.29 is 13.2 Å². The molecule has 0 saturated heterocycles. The van der Waals surface area contributed by atoms with Crippen molar-refractivity contribution in [3.05, 3.63) is 28.2 Å². The predicted molar refractivity (Wildman–Crippen MR) is 86.1 cm³/mol. The van der Waals surface area contributed by atoms with Crippen molar-refractivity contribution >= 4 is 41.6 Å². The molecular formula is C14H17BrClNO3S. The Morgan fingerprint density at radius 1 is 1.43 bits per heavy atom. The number of hydrogen-bond acceptors (Lipinski definition) is 3. The third kappa shape index (κ3) is 3.79. The fourth-order valence-corrected chi connectivity index (χ4v) is 3.73. The van der Waals surface area contributed by atoms with Crippen LogP contribution in [0.25, 0.3) is 0 Å². The molecule has 1 N–H and O–H groups in total. The van der Waals surface area contributed by atoms with Crippen LogP contribution >= 0.6 is 26.6 Å². The summed E-state index contributed by atoms with van der Waals surface area (Å²) in [6.07, 6.45) is 4.49. The van der Waals surface area contributed by atoms with Crippen LogP contribution in [-0.2, 0) is 9.05 Å². The summed E-state index contributed by atoms with van der Waals surface area (Å²) in [6, 6.07) is 4.17. The van der Waals surface area contributed by atoms with Gasteiger partial charge in [0.1, 0.15) is 0 Å². The molecule has 116 valence electrons. The molecule has 1 aromatic rings. The van der Waals surface area contributed by atoms with Crippen LogP contribution in [0.4, 0.5) is 0 Å². The van der Waals surface area contributed by atoms with Gasteiger partial charge in [-0.25, -0.2) is 8.42 Å². The molecule has 1 aliphatic rings. The quantitative estimate of drug-likeness (QED) is 0.775. The molecule has 1 fully saturated rings. The maximum absolute atomic E-state index is 12.3. The van der Waals surface area contributed by atoms with E-state index in [1.165, 1.54) is 24.6 Å². The van der Waals surface area contributed by atoms with E-state index in [9.17, 15) is 13.2 Å². The summed E-state index contributed by atoms with van der Waals surface area (Å²) in [5, 5.41) is 2.91. The Labute approximate surface area is 137 Å². The first-order valence-electron chi connectivity index (χ1n) is 6.80. The van der Waals surface area contributed by atoms with Crippen LogP contribution in [0.3, 0.4) is 0 Å². The number of rotatable bonds is 5. The Hall–Kier alpha value is -0.590. The number of carbonyl (C=O) groups excluding carboxylic acids is 1. The van der Waals surface area contributed by atoms with Crippen LogP contribution in [0, 0.1) is 5.41 Å². The molecule has 0 atom stereocenters. The Morgan fingerprint density at radius 2 is 2.10 bits per heavy atom. The number of hydrogen-bond donors (Lipinski definition) is 1. The maximum atomic E-state index is 12.3. The molecule has 21 heavy (non-hydrogen) atoms. The Bertz CT molecular complexity index is 651. The molecule has 0 aliphatic heterocycles. The van der Waals surface area contributed by atoms with Gasteiger partial charge < -0.3 is 5.32 Å². The van der Waals surface area contributed by atoms with Crippen molar-refractivity contribution in [3.8, 4) is 0 Å². The number of benzene rings is 1. The second kappa shape index (κ2) is 6.26. The third-order valence-electron chi connectivity index (χ3n) is 4.25. The smallest absolute Gasteiger partial charge is 0.261 e. The molecular weight excluding hydrogens is 378 g/mol. The molecule has 2 rings (SSSR count). The Balaban J connectivity index is 2.15. The highest BCUT2D eigenvalue weighted by Gasteiger charge is 2.35. The molecule has 0 heterocycles. The molecule has 0 unspecified atom stereocenters. The van der Waals surface area contributed by atoms with Crippen LogP contribution in [0.2, 0.25) is 0 Å². The highest BCUT2D eigenvalue weighted by atomic mass is 79.9. The zero-order valence-corrected chi connectivity index (χ0v) is 14.8. The summed E-state index contributed by atoms with van der Waals surface area (Å²) in [5.74, 6) is -0.288. The van der Waals surface area contributed by atoms with Gasteiger partial charge in [0.25, 0.3) is 15.0 Å². The molecule has 1 saturated carbocycles. The second-order valence-corrected chi connectivity index (χ2v) is 8.89. The molecule has 0 radical (unpaired) electrons. The zero-order chi connectivity index (χ0) is 15.7. The first kappa shape index (κ1) is 16.8. The van der Waals surface area contributed by atoms with E-state index >= 15 is 0 Å². The monoisotopic (exact) mass is 393 g/mol. The number of halogens is 2. The number of nitrogens with one attached hydrogen (secondary N) is 1. The largest absolute Gasteiger partial charge is 0.351 e. The zero-order valence-electron chi connectivity index (χ0n) is 11.7. The third-order valence-corrected chi connectivity index (χ3v) is 6.30. The minimum Gasteiger partial charge on any atom is -0.351 e. The molecule has 0 spiro atoms. The van der Waals surface area contributed by atoms with E-state index in [1.54, 1.807) is 0 Å². The van der Waals surface area contributed by atoms with Gasteiger partial charge in [-0.1, -0.05) is 13.3 Å².